The van der Waals surface area contributed by atoms with Gasteiger partial charge in [-0.1, -0.05) is 29.3 Å². The van der Waals surface area contributed by atoms with Gasteiger partial charge in [-0.2, -0.15) is 0 Å². The minimum Gasteiger partial charge on any atom is -0.436 e. The maximum Gasteiger partial charge on any atom is 0.255 e. The van der Waals surface area contributed by atoms with Crippen LogP contribution in [0.15, 0.2) is 71.1 Å². The number of halogens is 1. The number of amides is 1. The molecular formula is C21H15ClN2O2. The van der Waals surface area contributed by atoms with Gasteiger partial charge in [0.15, 0.2) is 5.58 Å². The number of anilines is 1. The van der Waals surface area contributed by atoms with E-state index in [1.807, 2.05) is 37.3 Å². The number of benzene rings is 3. The molecule has 1 amide bonds. The molecule has 26 heavy (non-hydrogen) atoms. The summed E-state index contributed by atoms with van der Waals surface area (Å²) in [4.78, 5) is 16.8. The van der Waals surface area contributed by atoms with Crippen LogP contribution in [0.4, 0.5) is 5.69 Å². The average Bonchev–Trinajstić information content (AvgIpc) is 3.05. The van der Waals surface area contributed by atoms with Gasteiger partial charge in [-0.15, -0.1) is 0 Å². The van der Waals surface area contributed by atoms with E-state index in [-0.39, 0.29) is 5.91 Å². The van der Waals surface area contributed by atoms with E-state index in [1.54, 1.807) is 36.4 Å². The fraction of sp³-hybridized carbons (Fsp3) is 0.0476. The molecular weight excluding hydrogens is 348 g/mol. The summed E-state index contributed by atoms with van der Waals surface area (Å²) in [5, 5.41) is 3.45. The number of aromatic nitrogens is 1. The number of nitrogens with zero attached hydrogens (tertiary/aromatic N) is 1. The molecule has 0 fully saturated rings. The Morgan fingerprint density at radius 1 is 1.04 bits per heavy atom. The van der Waals surface area contributed by atoms with Gasteiger partial charge < -0.3 is 9.73 Å². The second-order valence-corrected chi connectivity index (χ2v) is 6.47. The van der Waals surface area contributed by atoms with Gasteiger partial charge in [-0.3, -0.25) is 4.79 Å². The summed E-state index contributed by atoms with van der Waals surface area (Å²) < 4.78 is 5.87. The number of rotatable bonds is 3. The minimum atomic E-state index is -0.209. The zero-order chi connectivity index (χ0) is 18.1. The predicted molar refractivity (Wildman–Crippen MR) is 104 cm³/mol. The molecule has 0 atom stereocenters. The van der Waals surface area contributed by atoms with Gasteiger partial charge in [-0.25, -0.2) is 4.98 Å². The molecule has 4 rings (SSSR count). The summed E-state index contributed by atoms with van der Waals surface area (Å²) in [5.74, 6) is 0.351. The maximum atomic E-state index is 12.3. The molecule has 4 nitrogen and oxygen atoms in total. The van der Waals surface area contributed by atoms with Crippen molar-refractivity contribution in [1.29, 1.82) is 0 Å². The quantitative estimate of drug-likeness (QED) is 0.508. The highest BCUT2D eigenvalue weighted by atomic mass is 35.5. The summed E-state index contributed by atoms with van der Waals surface area (Å²) in [6.45, 7) is 2.02. The predicted octanol–water partition coefficient (Wildman–Crippen LogP) is 5.71. The molecule has 0 spiro atoms. The Morgan fingerprint density at radius 2 is 1.85 bits per heavy atom. The van der Waals surface area contributed by atoms with Crippen LogP contribution in [-0.2, 0) is 0 Å². The van der Waals surface area contributed by atoms with E-state index in [0.29, 0.717) is 27.7 Å². The largest absolute Gasteiger partial charge is 0.436 e. The van der Waals surface area contributed by atoms with Gasteiger partial charge in [-0.05, 0) is 55.5 Å². The van der Waals surface area contributed by atoms with E-state index >= 15 is 0 Å². The van der Waals surface area contributed by atoms with Gasteiger partial charge in [0.05, 0.1) is 0 Å². The van der Waals surface area contributed by atoms with Crippen LogP contribution < -0.4 is 5.32 Å². The summed E-state index contributed by atoms with van der Waals surface area (Å²) in [7, 11) is 0. The zero-order valence-electron chi connectivity index (χ0n) is 14.0. The Bertz CT molecular complexity index is 1100. The lowest BCUT2D eigenvalue weighted by molar-refractivity contribution is 0.102. The highest BCUT2D eigenvalue weighted by molar-refractivity contribution is 6.30. The lowest BCUT2D eigenvalue weighted by Gasteiger charge is -2.05. The van der Waals surface area contributed by atoms with Crippen molar-refractivity contribution in [3.05, 3.63) is 82.9 Å². The number of hydrogen-bond donors (Lipinski definition) is 1. The lowest BCUT2D eigenvalue weighted by Crippen LogP contribution is -2.11. The fourth-order valence-electron chi connectivity index (χ4n) is 2.71. The first-order chi connectivity index (χ1) is 12.6. The highest BCUT2D eigenvalue weighted by Crippen LogP contribution is 2.27. The molecule has 0 radical (unpaired) electrons. The molecule has 1 N–H and O–H groups in total. The normalized spacial score (nSPS) is 10.8. The molecule has 4 aromatic rings. The number of oxazole rings is 1. The molecule has 0 aliphatic rings. The van der Waals surface area contributed by atoms with E-state index in [2.05, 4.69) is 10.3 Å². The first-order valence-electron chi connectivity index (χ1n) is 8.13. The average molecular weight is 363 g/mol. The summed E-state index contributed by atoms with van der Waals surface area (Å²) in [6.07, 6.45) is 0. The molecule has 0 saturated carbocycles. The van der Waals surface area contributed by atoms with Crippen molar-refractivity contribution in [3.63, 3.8) is 0 Å². The van der Waals surface area contributed by atoms with Crippen LogP contribution in [0.2, 0.25) is 5.02 Å². The SMILES string of the molecule is Cc1cccc(-c2nc3ccc(NC(=O)c4ccc(Cl)cc4)cc3o2)c1. The number of nitrogens with one attached hydrogen (secondary N) is 1. The molecule has 0 bridgehead atoms. The summed E-state index contributed by atoms with van der Waals surface area (Å²) in [5.41, 5.74) is 4.60. The summed E-state index contributed by atoms with van der Waals surface area (Å²) >= 11 is 5.85. The number of aryl methyl sites for hydroxylation is 1. The molecule has 1 aromatic heterocycles. The first kappa shape index (κ1) is 16.4. The van der Waals surface area contributed by atoms with Crippen LogP contribution >= 0.6 is 11.6 Å². The van der Waals surface area contributed by atoms with Gasteiger partial charge in [0.25, 0.3) is 5.91 Å². The smallest absolute Gasteiger partial charge is 0.255 e. The highest BCUT2D eigenvalue weighted by Gasteiger charge is 2.11. The van der Waals surface area contributed by atoms with Gasteiger partial charge in [0.2, 0.25) is 5.89 Å². The Kier molecular flexibility index (Phi) is 4.19. The fourth-order valence-corrected chi connectivity index (χ4v) is 2.83. The third kappa shape index (κ3) is 3.32. The Morgan fingerprint density at radius 3 is 2.62 bits per heavy atom. The zero-order valence-corrected chi connectivity index (χ0v) is 14.7. The molecule has 0 aliphatic heterocycles. The van der Waals surface area contributed by atoms with Crippen molar-refractivity contribution in [2.24, 2.45) is 0 Å². The van der Waals surface area contributed by atoms with E-state index in [4.69, 9.17) is 16.0 Å². The van der Waals surface area contributed by atoms with Crippen LogP contribution in [0.3, 0.4) is 0 Å². The Hall–Kier alpha value is -3.11. The molecule has 5 heteroatoms. The molecule has 0 saturated heterocycles. The number of fused-ring (bicyclic) bond motifs is 1. The van der Waals surface area contributed by atoms with Crippen LogP contribution in [0, 0.1) is 6.92 Å². The van der Waals surface area contributed by atoms with Crippen LogP contribution in [-0.4, -0.2) is 10.9 Å². The number of hydrogen-bond acceptors (Lipinski definition) is 3. The monoisotopic (exact) mass is 362 g/mol. The third-order valence-electron chi connectivity index (χ3n) is 4.02. The maximum absolute atomic E-state index is 12.3. The topological polar surface area (TPSA) is 55.1 Å². The van der Waals surface area contributed by atoms with Crippen molar-refractivity contribution in [1.82, 2.24) is 4.98 Å². The molecule has 0 unspecified atom stereocenters. The summed E-state index contributed by atoms with van der Waals surface area (Å²) in [6, 6.07) is 20.1. The van der Waals surface area contributed by atoms with E-state index in [0.717, 1.165) is 16.6 Å². The van der Waals surface area contributed by atoms with Crippen molar-refractivity contribution >= 4 is 34.3 Å². The molecule has 0 aliphatic carbocycles. The van der Waals surface area contributed by atoms with Crippen LogP contribution in [0.25, 0.3) is 22.6 Å². The second kappa shape index (κ2) is 6.65. The number of carbonyl (C=O) groups excluding carboxylic acids is 1. The van der Waals surface area contributed by atoms with Gasteiger partial charge >= 0.3 is 0 Å². The molecule has 3 aromatic carbocycles. The van der Waals surface area contributed by atoms with Crippen LogP contribution in [0.5, 0.6) is 0 Å². The molecule has 1 heterocycles. The lowest BCUT2D eigenvalue weighted by atomic mass is 10.1. The van der Waals surface area contributed by atoms with E-state index in [9.17, 15) is 4.79 Å². The standard InChI is InChI=1S/C21H15ClN2O2/c1-13-3-2-4-15(11-13)21-24-18-10-9-17(12-19(18)26-21)23-20(25)14-5-7-16(22)8-6-14/h2-12H,1H3,(H,23,25). The second-order valence-electron chi connectivity index (χ2n) is 6.03. The van der Waals surface area contributed by atoms with Gasteiger partial charge in [0, 0.05) is 27.9 Å². The van der Waals surface area contributed by atoms with Crippen molar-refractivity contribution < 1.29 is 9.21 Å². The Labute approximate surface area is 155 Å². The van der Waals surface area contributed by atoms with Gasteiger partial charge in [0.1, 0.15) is 5.52 Å². The van der Waals surface area contributed by atoms with E-state index < -0.39 is 0 Å². The van der Waals surface area contributed by atoms with Crippen molar-refractivity contribution in [2.75, 3.05) is 5.32 Å². The number of carbonyl (C=O) groups is 1. The first-order valence-corrected chi connectivity index (χ1v) is 8.51. The third-order valence-corrected chi connectivity index (χ3v) is 4.27. The Balaban J connectivity index is 1.61. The molecule has 128 valence electrons. The van der Waals surface area contributed by atoms with Crippen LogP contribution in [0.1, 0.15) is 15.9 Å². The minimum absolute atomic E-state index is 0.209. The van der Waals surface area contributed by atoms with Crippen molar-refractivity contribution in [2.45, 2.75) is 6.92 Å². The van der Waals surface area contributed by atoms with Crippen molar-refractivity contribution in [3.8, 4) is 11.5 Å². The van der Waals surface area contributed by atoms with E-state index in [1.165, 1.54) is 0 Å².